The van der Waals surface area contributed by atoms with Gasteiger partial charge in [0.05, 0.1) is 6.61 Å². The Morgan fingerprint density at radius 3 is 2.17 bits per heavy atom. The molecule has 2 N–H and O–H groups in total. The molecule has 0 aliphatic carbocycles. The van der Waals surface area contributed by atoms with E-state index in [1.54, 1.807) is 13.8 Å². The molecule has 0 aliphatic rings. The predicted octanol–water partition coefficient (Wildman–Crippen LogP) is 1.87. The maximum absolute atomic E-state index is 9.65. The summed E-state index contributed by atoms with van der Waals surface area (Å²) in [5.74, 6) is 0. The summed E-state index contributed by atoms with van der Waals surface area (Å²) < 4.78 is 4.20. The van der Waals surface area contributed by atoms with Gasteiger partial charge in [0.25, 0.3) is 0 Å². The van der Waals surface area contributed by atoms with E-state index in [0.29, 0.717) is 6.61 Å². The Morgan fingerprint density at radius 1 is 1.50 bits per heavy atom. The lowest BCUT2D eigenvalue weighted by Crippen LogP contribution is -2.00. The molecule has 0 unspecified atom stereocenters. The van der Waals surface area contributed by atoms with E-state index in [0.717, 1.165) is 12.8 Å². The third-order valence-corrected chi connectivity index (χ3v) is 0.723. The third-order valence-electron chi connectivity index (χ3n) is 0.723. The highest BCUT2D eigenvalue weighted by atomic mass is 16.7. The largest absolute Gasteiger partial charge is 0.505 e. The minimum absolute atomic E-state index is 0.167. The molecule has 4 heteroatoms. The van der Waals surface area contributed by atoms with Crippen molar-refractivity contribution < 1.29 is 19.7 Å². The first kappa shape index (κ1) is 13.8. The molecular formula is C8H18O4. The van der Waals surface area contributed by atoms with Gasteiger partial charge in [-0.1, -0.05) is 13.3 Å². The van der Waals surface area contributed by atoms with Crippen molar-refractivity contribution in [3.05, 3.63) is 0 Å². The zero-order valence-corrected chi connectivity index (χ0v) is 7.91. The highest BCUT2D eigenvalue weighted by Crippen LogP contribution is 1.86. The number of ether oxygens (including phenoxy) is 1. The number of aliphatic hydroxyl groups is 1. The average Bonchev–Trinajstić information content (AvgIpc) is 1.86. The first-order valence-electron chi connectivity index (χ1n) is 4.04. The van der Waals surface area contributed by atoms with E-state index < -0.39 is 6.16 Å². The van der Waals surface area contributed by atoms with E-state index in [1.165, 1.54) is 0 Å². The predicted molar refractivity (Wildman–Crippen MR) is 46.2 cm³/mol. The van der Waals surface area contributed by atoms with Crippen LogP contribution in [0.3, 0.4) is 0 Å². The second kappa shape index (κ2) is 10.2. The van der Waals surface area contributed by atoms with Crippen LogP contribution in [0.15, 0.2) is 0 Å². The summed E-state index contributed by atoms with van der Waals surface area (Å²) in [6, 6.07) is 0. The van der Waals surface area contributed by atoms with Gasteiger partial charge in [-0.05, 0) is 20.3 Å². The van der Waals surface area contributed by atoms with Gasteiger partial charge in [-0.15, -0.1) is 0 Å². The van der Waals surface area contributed by atoms with Crippen molar-refractivity contribution in [1.29, 1.82) is 0 Å². The zero-order valence-electron chi connectivity index (χ0n) is 7.91. The van der Waals surface area contributed by atoms with Crippen LogP contribution in [0.4, 0.5) is 4.79 Å². The van der Waals surface area contributed by atoms with E-state index in [9.17, 15) is 4.79 Å². The minimum Gasteiger partial charge on any atom is -0.450 e. The summed E-state index contributed by atoms with van der Waals surface area (Å²) in [7, 11) is 0. The molecule has 0 spiro atoms. The molecule has 0 rings (SSSR count). The van der Waals surface area contributed by atoms with Gasteiger partial charge in [-0.25, -0.2) is 4.79 Å². The van der Waals surface area contributed by atoms with Crippen LogP contribution in [-0.2, 0) is 4.74 Å². The van der Waals surface area contributed by atoms with Gasteiger partial charge in [0, 0.05) is 6.10 Å². The number of hydrogen-bond acceptors (Lipinski definition) is 3. The van der Waals surface area contributed by atoms with Crippen LogP contribution in [0.1, 0.15) is 33.6 Å². The third kappa shape index (κ3) is 34.9. The van der Waals surface area contributed by atoms with E-state index in [2.05, 4.69) is 4.74 Å². The molecule has 0 bridgehead atoms. The molecule has 0 atom stereocenters. The van der Waals surface area contributed by atoms with Crippen molar-refractivity contribution in [2.45, 2.75) is 39.7 Å². The number of carbonyl (C=O) groups is 1. The maximum Gasteiger partial charge on any atom is 0.505 e. The Bertz CT molecular complexity index is 98.5. The molecule has 4 nitrogen and oxygen atoms in total. The summed E-state index contributed by atoms with van der Waals surface area (Å²) in [4.78, 5) is 9.65. The molecule has 74 valence electrons. The Kier molecular flexibility index (Phi) is 11.8. The van der Waals surface area contributed by atoms with Crippen LogP contribution in [0.5, 0.6) is 0 Å². The Hall–Kier alpha value is -0.770. The van der Waals surface area contributed by atoms with Gasteiger partial charge >= 0.3 is 6.16 Å². The number of rotatable bonds is 3. The number of aliphatic hydroxyl groups excluding tert-OH is 1. The summed E-state index contributed by atoms with van der Waals surface area (Å²) in [5, 5.41) is 16.0. The van der Waals surface area contributed by atoms with Crippen molar-refractivity contribution in [2.24, 2.45) is 0 Å². The van der Waals surface area contributed by atoms with Gasteiger partial charge < -0.3 is 14.9 Å². The Labute approximate surface area is 73.2 Å². The van der Waals surface area contributed by atoms with Gasteiger partial charge in [-0.2, -0.15) is 0 Å². The second-order valence-electron chi connectivity index (χ2n) is 2.56. The molecule has 0 saturated heterocycles. The summed E-state index contributed by atoms with van der Waals surface area (Å²) in [6.45, 7) is 5.75. The monoisotopic (exact) mass is 178 g/mol. The smallest absolute Gasteiger partial charge is 0.450 e. The molecule has 0 aromatic rings. The van der Waals surface area contributed by atoms with Crippen molar-refractivity contribution in [2.75, 3.05) is 6.61 Å². The van der Waals surface area contributed by atoms with Crippen LogP contribution >= 0.6 is 0 Å². The van der Waals surface area contributed by atoms with Gasteiger partial charge in [0.15, 0.2) is 0 Å². The number of hydrogen-bond donors (Lipinski definition) is 2. The molecule has 0 aliphatic heterocycles. The van der Waals surface area contributed by atoms with E-state index in [4.69, 9.17) is 10.2 Å². The van der Waals surface area contributed by atoms with Crippen molar-refractivity contribution in [3.63, 3.8) is 0 Å². The quantitative estimate of drug-likeness (QED) is 0.511. The van der Waals surface area contributed by atoms with E-state index in [-0.39, 0.29) is 6.10 Å². The number of carboxylic acid groups (broad SMARTS) is 1. The Morgan fingerprint density at radius 2 is 1.92 bits per heavy atom. The van der Waals surface area contributed by atoms with Gasteiger partial charge in [-0.3, -0.25) is 0 Å². The second-order valence-corrected chi connectivity index (χ2v) is 2.56. The topological polar surface area (TPSA) is 66.8 Å². The Balaban J connectivity index is 0. The molecule has 0 aromatic carbocycles. The molecule has 0 radical (unpaired) electrons. The molecule has 12 heavy (non-hydrogen) atoms. The summed E-state index contributed by atoms with van der Waals surface area (Å²) in [5.41, 5.74) is 0. The summed E-state index contributed by atoms with van der Waals surface area (Å²) >= 11 is 0. The van der Waals surface area contributed by atoms with Crippen LogP contribution < -0.4 is 0 Å². The van der Waals surface area contributed by atoms with Crippen molar-refractivity contribution in [3.8, 4) is 0 Å². The minimum atomic E-state index is -1.18. The fourth-order valence-electron chi connectivity index (χ4n) is 0.304. The molecule has 0 amide bonds. The lowest BCUT2D eigenvalue weighted by molar-refractivity contribution is 0.0905. The molecule has 0 aromatic heterocycles. The standard InChI is InChI=1S/C5H10O3.C3H8O/c1-2-3-4-8-5(6)7;1-3(2)4/h2-4H2,1H3,(H,6,7);3-4H,1-2H3. The molecular weight excluding hydrogens is 160 g/mol. The fraction of sp³-hybridized carbons (Fsp3) is 0.875. The molecule has 0 heterocycles. The average molecular weight is 178 g/mol. The molecule has 0 saturated carbocycles. The first-order chi connectivity index (χ1) is 5.50. The van der Waals surface area contributed by atoms with Crippen molar-refractivity contribution >= 4 is 6.16 Å². The van der Waals surface area contributed by atoms with Crippen LogP contribution in [0.2, 0.25) is 0 Å². The zero-order chi connectivity index (χ0) is 9.98. The van der Waals surface area contributed by atoms with E-state index >= 15 is 0 Å². The fourth-order valence-corrected chi connectivity index (χ4v) is 0.304. The van der Waals surface area contributed by atoms with Crippen LogP contribution in [0.25, 0.3) is 0 Å². The first-order valence-corrected chi connectivity index (χ1v) is 4.04. The van der Waals surface area contributed by atoms with Crippen LogP contribution in [0, 0.1) is 0 Å². The highest BCUT2D eigenvalue weighted by molar-refractivity contribution is 5.56. The van der Waals surface area contributed by atoms with Crippen LogP contribution in [-0.4, -0.2) is 29.1 Å². The lowest BCUT2D eigenvalue weighted by atomic mass is 10.4. The SMILES string of the molecule is CC(C)O.CCCCOC(=O)O. The van der Waals surface area contributed by atoms with Crippen molar-refractivity contribution in [1.82, 2.24) is 0 Å². The summed E-state index contributed by atoms with van der Waals surface area (Å²) in [6.07, 6.45) is 0.429. The maximum atomic E-state index is 9.65. The van der Waals surface area contributed by atoms with Gasteiger partial charge in [0.2, 0.25) is 0 Å². The highest BCUT2D eigenvalue weighted by Gasteiger charge is 1.91. The number of unbranched alkanes of at least 4 members (excludes halogenated alkanes) is 1. The van der Waals surface area contributed by atoms with Gasteiger partial charge in [0.1, 0.15) is 0 Å². The van der Waals surface area contributed by atoms with E-state index in [1.807, 2.05) is 6.92 Å². The normalized spacial score (nSPS) is 8.75. The lowest BCUT2D eigenvalue weighted by Gasteiger charge is -1.94. The molecule has 0 fully saturated rings.